The third-order valence-electron chi connectivity index (χ3n) is 6.32. The van der Waals surface area contributed by atoms with E-state index < -0.39 is 0 Å². The van der Waals surface area contributed by atoms with Gasteiger partial charge in [0.05, 0.1) is 0 Å². The Balaban J connectivity index is 1.73. The van der Waals surface area contributed by atoms with E-state index >= 15 is 0 Å². The van der Waals surface area contributed by atoms with Crippen LogP contribution in [0.5, 0.6) is 5.75 Å². The van der Waals surface area contributed by atoms with E-state index in [2.05, 4.69) is 38.1 Å². The summed E-state index contributed by atoms with van der Waals surface area (Å²) in [5.74, 6) is 0.190. The molecule has 2 nitrogen and oxygen atoms in total. The molecule has 0 aromatic heterocycles. The Hall–Kier alpha value is -2.87. The van der Waals surface area contributed by atoms with Crippen LogP contribution in [0.25, 0.3) is 5.57 Å². The molecule has 0 saturated carbocycles. The summed E-state index contributed by atoms with van der Waals surface area (Å²) in [6, 6.07) is 14.1. The maximum absolute atomic E-state index is 13.3. The molecule has 2 heteroatoms. The lowest BCUT2D eigenvalue weighted by atomic mass is 9.82. The van der Waals surface area contributed by atoms with E-state index in [1.54, 1.807) is 6.07 Å². The summed E-state index contributed by atoms with van der Waals surface area (Å²) in [5.41, 5.74) is 6.91. The summed E-state index contributed by atoms with van der Waals surface area (Å²) in [4.78, 5) is 13.3. The zero-order valence-corrected chi connectivity index (χ0v) is 17.2. The largest absolute Gasteiger partial charge is 0.508 e. The number of aryl methyl sites for hydroxylation is 2. The van der Waals surface area contributed by atoms with Crippen molar-refractivity contribution in [3.05, 3.63) is 94.6 Å². The molecular weight excluding hydrogens is 356 g/mol. The fourth-order valence-electron chi connectivity index (χ4n) is 4.69. The van der Waals surface area contributed by atoms with Crippen molar-refractivity contribution in [1.82, 2.24) is 0 Å². The summed E-state index contributed by atoms with van der Waals surface area (Å²) in [6.45, 7) is 4.38. The summed E-state index contributed by atoms with van der Waals surface area (Å²) in [6.07, 6.45) is 11.6. The number of aromatic hydroxyl groups is 1. The normalized spacial score (nSPS) is 20.6. The first-order valence-corrected chi connectivity index (χ1v) is 10.6. The molecule has 0 spiro atoms. The van der Waals surface area contributed by atoms with E-state index in [-0.39, 0.29) is 23.4 Å². The van der Waals surface area contributed by atoms with Gasteiger partial charge in [-0.1, -0.05) is 74.5 Å². The second-order valence-electron chi connectivity index (χ2n) is 7.97. The van der Waals surface area contributed by atoms with Gasteiger partial charge in [-0.2, -0.15) is 0 Å². The zero-order chi connectivity index (χ0) is 20.4. The Morgan fingerprint density at radius 2 is 1.86 bits per heavy atom. The molecule has 2 atom stereocenters. The van der Waals surface area contributed by atoms with Gasteiger partial charge in [0, 0.05) is 11.8 Å². The number of hydrogen-bond donors (Lipinski definition) is 1. The first kappa shape index (κ1) is 19.4. The van der Waals surface area contributed by atoms with Crippen LogP contribution in [-0.2, 0) is 17.6 Å². The molecular formula is C27H28O2. The smallest absolute Gasteiger partial charge is 0.166 e. The Bertz CT molecular complexity index is 1020. The zero-order valence-electron chi connectivity index (χ0n) is 17.2. The van der Waals surface area contributed by atoms with Gasteiger partial charge in [0.1, 0.15) is 5.75 Å². The first-order chi connectivity index (χ1) is 14.1. The molecule has 148 valence electrons. The van der Waals surface area contributed by atoms with Gasteiger partial charge in [0.25, 0.3) is 0 Å². The van der Waals surface area contributed by atoms with Gasteiger partial charge in [-0.15, -0.1) is 0 Å². The minimum absolute atomic E-state index is 0.0314. The van der Waals surface area contributed by atoms with Gasteiger partial charge in [-0.05, 0) is 65.1 Å². The third kappa shape index (κ3) is 3.72. The number of phenols is 1. The molecule has 0 bridgehead atoms. The third-order valence-corrected chi connectivity index (χ3v) is 6.32. The van der Waals surface area contributed by atoms with Crippen molar-refractivity contribution in [3.63, 3.8) is 0 Å². The van der Waals surface area contributed by atoms with E-state index in [4.69, 9.17) is 0 Å². The quantitative estimate of drug-likeness (QED) is 0.647. The Labute approximate surface area is 173 Å². The van der Waals surface area contributed by atoms with Crippen LogP contribution in [0.2, 0.25) is 0 Å². The summed E-state index contributed by atoms with van der Waals surface area (Å²) in [5, 5.41) is 10.5. The van der Waals surface area contributed by atoms with Crippen molar-refractivity contribution in [2.75, 3.05) is 0 Å². The number of ketones is 1. The molecule has 0 heterocycles. The lowest BCUT2D eigenvalue weighted by Gasteiger charge is -2.20. The number of hydrogen-bond acceptors (Lipinski definition) is 2. The number of carbonyl (C=O) groups is 1. The molecule has 2 aromatic carbocycles. The number of para-hydroxylation sites is 1. The average Bonchev–Trinajstić information content (AvgIpc) is 3.43. The Kier molecular flexibility index (Phi) is 5.53. The van der Waals surface area contributed by atoms with Crippen molar-refractivity contribution in [3.8, 4) is 5.75 Å². The predicted molar refractivity (Wildman–Crippen MR) is 119 cm³/mol. The number of allylic oxidation sites excluding steroid dienone is 6. The van der Waals surface area contributed by atoms with E-state index in [0.29, 0.717) is 6.42 Å². The molecule has 29 heavy (non-hydrogen) atoms. The van der Waals surface area contributed by atoms with Crippen LogP contribution in [0.15, 0.2) is 72.3 Å². The van der Waals surface area contributed by atoms with E-state index in [9.17, 15) is 9.90 Å². The molecule has 0 radical (unpaired) electrons. The van der Waals surface area contributed by atoms with Gasteiger partial charge < -0.3 is 5.11 Å². The van der Waals surface area contributed by atoms with Gasteiger partial charge in [-0.3, -0.25) is 4.79 Å². The molecule has 1 N–H and O–H groups in total. The molecule has 2 aliphatic rings. The minimum atomic E-state index is -0.236. The second kappa shape index (κ2) is 8.24. The summed E-state index contributed by atoms with van der Waals surface area (Å²) >= 11 is 0. The Morgan fingerprint density at radius 3 is 2.55 bits per heavy atom. The molecule has 4 rings (SSSR count). The van der Waals surface area contributed by atoms with Gasteiger partial charge in [0.15, 0.2) is 5.78 Å². The number of rotatable bonds is 6. The molecule has 0 saturated heterocycles. The van der Waals surface area contributed by atoms with Crippen LogP contribution in [0.1, 0.15) is 54.9 Å². The highest BCUT2D eigenvalue weighted by atomic mass is 16.3. The monoisotopic (exact) mass is 384 g/mol. The maximum atomic E-state index is 13.3. The second-order valence-corrected chi connectivity index (χ2v) is 7.97. The van der Waals surface area contributed by atoms with Crippen LogP contribution in [-0.4, -0.2) is 10.9 Å². The fourth-order valence-corrected chi connectivity index (χ4v) is 4.69. The van der Waals surface area contributed by atoms with Crippen LogP contribution in [0, 0.1) is 5.92 Å². The van der Waals surface area contributed by atoms with E-state index in [1.165, 1.54) is 22.3 Å². The molecule has 2 aromatic rings. The molecule has 2 unspecified atom stereocenters. The topological polar surface area (TPSA) is 37.3 Å². The first-order valence-electron chi connectivity index (χ1n) is 10.6. The standard InChI is InChI=1S/C27H28O2/c1-3-18-13-14-21(15-19(18)4-2)22-16-24(23-11-7-8-12-26(23)28)25(17-22)27(29)20-9-5-6-10-20/h5-9,11-15,17,24-25,28H,3-4,10,16H2,1-2H3. The van der Waals surface area contributed by atoms with Crippen LogP contribution in [0.4, 0.5) is 0 Å². The molecule has 0 fully saturated rings. The Morgan fingerprint density at radius 1 is 1.07 bits per heavy atom. The average molecular weight is 385 g/mol. The summed E-state index contributed by atoms with van der Waals surface area (Å²) in [7, 11) is 0. The highest BCUT2D eigenvalue weighted by molar-refractivity contribution is 6.01. The van der Waals surface area contributed by atoms with Crippen LogP contribution < -0.4 is 0 Å². The highest BCUT2D eigenvalue weighted by Gasteiger charge is 2.36. The predicted octanol–water partition coefficient (Wildman–Crippen LogP) is 6.16. The van der Waals surface area contributed by atoms with Gasteiger partial charge in [-0.25, -0.2) is 0 Å². The van der Waals surface area contributed by atoms with Crippen molar-refractivity contribution >= 4 is 11.4 Å². The minimum Gasteiger partial charge on any atom is -0.508 e. The van der Waals surface area contributed by atoms with Gasteiger partial charge in [0.2, 0.25) is 0 Å². The maximum Gasteiger partial charge on any atom is 0.166 e. The van der Waals surface area contributed by atoms with Gasteiger partial charge >= 0.3 is 0 Å². The number of benzene rings is 2. The van der Waals surface area contributed by atoms with Crippen LogP contribution in [0.3, 0.4) is 0 Å². The van der Waals surface area contributed by atoms with Crippen molar-refractivity contribution in [2.24, 2.45) is 5.92 Å². The SMILES string of the molecule is CCc1ccc(C2=CC(C(=O)C3=CC=CC3)C(c3ccccc3O)C2)cc1CC. The lowest BCUT2D eigenvalue weighted by Crippen LogP contribution is -2.19. The van der Waals surface area contributed by atoms with E-state index in [1.807, 2.05) is 36.4 Å². The lowest BCUT2D eigenvalue weighted by molar-refractivity contribution is -0.118. The van der Waals surface area contributed by atoms with Crippen LogP contribution >= 0.6 is 0 Å². The van der Waals surface area contributed by atoms with E-state index in [0.717, 1.165) is 30.4 Å². The number of phenolic OH excluding ortho intramolecular Hbond substituents is 1. The highest BCUT2D eigenvalue weighted by Crippen LogP contribution is 2.46. The van der Waals surface area contributed by atoms with Crippen molar-refractivity contribution in [2.45, 2.75) is 45.4 Å². The number of Topliss-reactive ketones (excluding diaryl/α,β-unsaturated/α-hetero) is 1. The summed E-state index contributed by atoms with van der Waals surface area (Å²) < 4.78 is 0. The van der Waals surface area contributed by atoms with Crippen molar-refractivity contribution in [1.29, 1.82) is 0 Å². The molecule has 0 aliphatic heterocycles. The number of carbonyl (C=O) groups excluding carboxylic acids is 1. The molecule has 0 amide bonds. The fraction of sp³-hybridized carbons (Fsp3) is 0.296. The molecule has 2 aliphatic carbocycles. The van der Waals surface area contributed by atoms with Crippen molar-refractivity contribution < 1.29 is 9.90 Å².